The normalized spacial score (nSPS) is 24.2. The molecule has 1 aliphatic heterocycles. The van der Waals surface area contributed by atoms with Crippen LogP contribution in [0.3, 0.4) is 0 Å². The van der Waals surface area contributed by atoms with E-state index in [1.807, 2.05) is 18.2 Å². The summed E-state index contributed by atoms with van der Waals surface area (Å²) in [6.45, 7) is 5.22. The van der Waals surface area contributed by atoms with Gasteiger partial charge in [0.1, 0.15) is 0 Å². The van der Waals surface area contributed by atoms with E-state index in [9.17, 15) is 5.11 Å². The number of nitrogens with one attached hydrogen (secondary N) is 1. The van der Waals surface area contributed by atoms with Crippen LogP contribution in [0.15, 0.2) is 24.4 Å². The van der Waals surface area contributed by atoms with Crippen LogP contribution in [0, 0.1) is 0 Å². The third-order valence-electron chi connectivity index (χ3n) is 3.16. The van der Waals surface area contributed by atoms with Crippen molar-refractivity contribution in [3.05, 3.63) is 30.1 Å². The molecule has 2 rings (SSSR count). The molecule has 1 fully saturated rings. The van der Waals surface area contributed by atoms with Crippen LogP contribution < -0.4 is 5.32 Å². The molecule has 2 N–H and O–H groups in total. The number of hydrogen-bond acceptors (Lipinski definition) is 4. The highest BCUT2D eigenvalue weighted by atomic mass is 16.3. The lowest BCUT2D eigenvalue weighted by atomic mass is 10.1. The number of rotatable bonds is 3. The number of pyridine rings is 1. The van der Waals surface area contributed by atoms with Crippen LogP contribution in [0.5, 0.6) is 0 Å². The third-order valence-corrected chi connectivity index (χ3v) is 3.16. The summed E-state index contributed by atoms with van der Waals surface area (Å²) in [6.07, 6.45) is 1.78. The van der Waals surface area contributed by atoms with Crippen molar-refractivity contribution in [1.82, 2.24) is 15.2 Å². The Labute approximate surface area is 96.3 Å². The average molecular weight is 221 g/mol. The molecule has 0 saturated carbocycles. The van der Waals surface area contributed by atoms with Crippen molar-refractivity contribution in [3.63, 3.8) is 0 Å². The Balaban J connectivity index is 2.15. The molecular weight excluding hydrogens is 202 g/mol. The zero-order valence-corrected chi connectivity index (χ0v) is 9.63. The summed E-state index contributed by atoms with van der Waals surface area (Å²) in [5, 5.41) is 12.9. The fourth-order valence-corrected chi connectivity index (χ4v) is 2.26. The van der Waals surface area contributed by atoms with Gasteiger partial charge in [-0.15, -0.1) is 0 Å². The first kappa shape index (κ1) is 11.5. The van der Waals surface area contributed by atoms with Gasteiger partial charge in [0.05, 0.1) is 18.3 Å². The molecule has 0 bridgehead atoms. The van der Waals surface area contributed by atoms with Crippen LogP contribution in [0.25, 0.3) is 0 Å². The minimum atomic E-state index is 0.0262. The van der Waals surface area contributed by atoms with E-state index in [2.05, 4.69) is 22.1 Å². The number of aromatic nitrogens is 1. The van der Waals surface area contributed by atoms with Crippen LogP contribution in [0.1, 0.15) is 18.7 Å². The van der Waals surface area contributed by atoms with Gasteiger partial charge in [0.2, 0.25) is 0 Å². The van der Waals surface area contributed by atoms with Crippen molar-refractivity contribution < 1.29 is 5.11 Å². The molecule has 16 heavy (non-hydrogen) atoms. The molecule has 0 amide bonds. The van der Waals surface area contributed by atoms with Gasteiger partial charge in [-0.1, -0.05) is 6.07 Å². The summed E-state index contributed by atoms with van der Waals surface area (Å²) in [7, 11) is 0. The molecule has 2 heterocycles. The molecule has 0 radical (unpaired) electrons. The van der Waals surface area contributed by atoms with E-state index in [1.54, 1.807) is 6.20 Å². The van der Waals surface area contributed by atoms with Gasteiger partial charge < -0.3 is 10.4 Å². The summed E-state index contributed by atoms with van der Waals surface area (Å²) >= 11 is 0. The summed E-state index contributed by atoms with van der Waals surface area (Å²) in [5.41, 5.74) is 0.957. The van der Waals surface area contributed by atoms with Gasteiger partial charge in [0.15, 0.2) is 0 Å². The first-order valence-electron chi connectivity index (χ1n) is 5.81. The minimum absolute atomic E-state index is 0.0262. The maximum absolute atomic E-state index is 9.55. The molecule has 1 saturated heterocycles. The molecule has 2 atom stereocenters. The van der Waals surface area contributed by atoms with Crippen LogP contribution in [0.2, 0.25) is 0 Å². The van der Waals surface area contributed by atoms with Crippen molar-refractivity contribution in [2.75, 3.05) is 26.2 Å². The Hall–Kier alpha value is -0.970. The molecule has 0 spiro atoms. The van der Waals surface area contributed by atoms with Crippen LogP contribution in [-0.2, 0) is 0 Å². The largest absolute Gasteiger partial charge is 0.394 e. The number of piperazine rings is 1. The molecule has 0 aromatic carbocycles. The monoisotopic (exact) mass is 221 g/mol. The van der Waals surface area contributed by atoms with Crippen LogP contribution >= 0.6 is 0 Å². The van der Waals surface area contributed by atoms with E-state index in [1.165, 1.54) is 0 Å². The summed E-state index contributed by atoms with van der Waals surface area (Å²) in [6, 6.07) is 6.32. The van der Waals surface area contributed by atoms with Crippen molar-refractivity contribution >= 4 is 0 Å². The molecular formula is C12H19N3O. The quantitative estimate of drug-likeness (QED) is 0.776. The van der Waals surface area contributed by atoms with Gasteiger partial charge in [-0.05, 0) is 19.1 Å². The third kappa shape index (κ3) is 2.40. The molecule has 0 aliphatic carbocycles. The van der Waals surface area contributed by atoms with Gasteiger partial charge in [0, 0.05) is 31.9 Å². The Bertz CT molecular complexity index is 317. The van der Waals surface area contributed by atoms with Crippen molar-refractivity contribution in [3.8, 4) is 0 Å². The number of nitrogens with zero attached hydrogens (tertiary/aromatic N) is 2. The predicted molar refractivity (Wildman–Crippen MR) is 63.1 cm³/mol. The number of aliphatic hydroxyl groups excluding tert-OH is 1. The highest BCUT2D eigenvalue weighted by molar-refractivity contribution is 5.09. The Kier molecular flexibility index (Phi) is 3.88. The predicted octanol–water partition coefficient (Wildman–Crippen LogP) is 0.409. The maximum Gasteiger partial charge on any atom is 0.0758 e. The molecule has 4 heteroatoms. The molecule has 88 valence electrons. The van der Waals surface area contributed by atoms with Gasteiger partial charge in [0.25, 0.3) is 0 Å². The summed E-state index contributed by atoms with van der Waals surface area (Å²) in [5.74, 6) is 0. The highest BCUT2D eigenvalue weighted by Crippen LogP contribution is 2.21. The van der Waals surface area contributed by atoms with Crippen molar-refractivity contribution in [2.24, 2.45) is 0 Å². The van der Waals surface area contributed by atoms with E-state index >= 15 is 0 Å². The Morgan fingerprint density at radius 3 is 3.12 bits per heavy atom. The zero-order valence-electron chi connectivity index (χ0n) is 9.63. The van der Waals surface area contributed by atoms with E-state index in [0.29, 0.717) is 6.04 Å². The SMILES string of the molecule is CC1CNCCN1C(CO)c1ccccn1. The van der Waals surface area contributed by atoms with E-state index in [0.717, 1.165) is 25.3 Å². The lowest BCUT2D eigenvalue weighted by Crippen LogP contribution is -2.51. The van der Waals surface area contributed by atoms with Gasteiger partial charge in [-0.25, -0.2) is 0 Å². The van der Waals surface area contributed by atoms with E-state index < -0.39 is 0 Å². The first-order valence-corrected chi connectivity index (χ1v) is 5.81. The number of hydrogen-bond donors (Lipinski definition) is 2. The lowest BCUT2D eigenvalue weighted by Gasteiger charge is -2.38. The van der Waals surface area contributed by atoms with Gasteiger partial charge in [-0.2, -0.15) is 0 Å². The molecule has 2 unspecified atom stereocenters. The first-order chi connectivity index (χ1) is 7.83. The van der Waals surface area contributed by atoms with Crippen LogP contribution in [0.4, 0.5) is 0 Å². The summed E-state index contributed by atoms with van der Waals surface area (Å²) < 4.78 is 0. The summed E-state index contributed by atoms with van der Waals surface area (Å²) in [4.78, 5) is 6.66. The maximum atomic E-state index is 9.55. The smallest absolute Gasteiger partial charge is 0.0758 e. The molecule has 1 aromatic rings. The highest BCUT2D eigenvalue weighted by Gasteiger charge is 2.27. The standard InChI is InChI=1S/C12H19N3O/c1-10-8-13-6-7-15(10)12(9-16)11-4-2-3-5-14-11/h2-5,10,12-13,16H,6-9H2,1H3. The second-order valence-electron chi connectivity index (χ2n) is 4.24. The minimum Gasteiger partial charge on any atom is -0.394 e. The van der Waals surface area contributed by atoms with Gasteiger partial charge in [-0.3, -0.25) is 9.88 Å². The average Bonchev–Trinajstić information content (AvgIpc) is 2.34. The van der Waals surface area contributed by atoms with Crippen molar-refractivity contribution in [2.45, 2.75) is 19.0 Å². The van der Waals surface area contributed by atoms with Gasteiger partial charge >= 0.3 is 0 Å². The fraction of sp³-hybridized carbons (Fsp3) is 0.583. The fourth-order valence-electron chi connectivity index (χ4n) is 2.26. The molecule has 1 aliphatic rings. The van der Waals surface area contributed by atoms with E-state index in [-0.39, 0.29) is 12.6 Å². The van der Waals surface area contributed by atoms with Crippen LogP contribution in [-0.4, -0.2) is 47.3 Å². The van der Waals surface area contributed by atoms with E-state index in [4.69, 9.17) is 0 Å². The second kappa shape index (κ2) is 5.39. The zero-order chi connectivity index (χ0) is 11.4. The number of aliphatic hydroxyl groups is 1. The Morgan fingerprint density at radius 2 is 2.50 bits per heavy atom. The lowest BCUT2D eigenvalue weighted by molar-refractivity contribution is 0.0700. The molecule has 4 nitrogen and oxygen atoms in total. The Morgan fingerprint density at radius 1 is 1.62 bits per heavy atom. The second-order valence-corrected chi connectivity index (χ2v) is 4.24. The topological polar surface area (TPSA) is 48.4 Å². The molecule has 1 aromatic heterocycles. The van der Waals surface area contributed by atoms with Crippen molar-refractivity contribution in [1.29, 1.82) is 0 Å².